The summed E-state index contributed by atoms with van der Waals surface area (Å²) in [6.07, 6.45) is 4.82. The standard InChI is InChI=1S/C15H22N4O2S2/c1-10-11(2)22-15-13(10)14(17-9-18-15)16-7-12-5-4-6-19(8-12)23(3,20)21/h9,12H,4-8H2,1-3H3,(H,16,17,18)/t12-/m0/s1. The number of nitrogens with one attached hydrogen (secondary N) is 1. The molecule has 1 aliphatic rings. The molecule has 8 heteroatoms. The highest BCUT2D eigenvalue weighted by atomic mass is 32.2. The Morgan fingerprint density at radius 3 is 2.91 bits per heavy atom. The molecule has 0 bridgehead atoms. The molecule has 3 rings (SSSR count). The minimum Gasteiger partial charge on any atom is -0.369 e. The fourth-order valence-corrected chi connectivity index (χ4v) is 4.99. The van der Waals surface area contributed by atoms with Gasteiger partial charge in [-0.3, -0.25) is 0 Å². The van der Waals surface area contributed by atoms with Crippen LogP contribution in [-0.2, 0) is 10.0 Å². The van der Waals surface area contributed by atoms with Crippen molar-refractivity contribution < 1.29 is 8.42 Å². The summed E-state index contributed by atoms with van der Waals surface area (Å²) in [5.41, 5.74) is 1.22. The lowest BCUT2D eigenvalue weighted by molar-refractivity contribution is 0.276. The number of hydrogen-bond donors (Lipinski definition) is 1. The summed E-state index contributed by atoms with van der Waals surface area (Å²) in [5.74, 6) is 1.16. The van der Waals surface area contributed by atoms with Gasteiger partial charge in [0.25, 0.3) is 0 Å². The first-order valence-corrected chi connectivity index (χ1v) is 10.4. The van der Waals surface area contributed by atoms with Crippen molar-refractivity contribution in [2.24, 2.45) is 5.92 Å². The first kappa shape index (κ1) is 16.6. The molecule has 23 heavy (non-hydrogen) atoms. The Kier molecular flexibility index (Phi) is 4.57. The predicted octanol–water partition coefficient (Wildman–Crippen LogP) is 2.39. The van der Waals surface area contributed by atoms with Crippen LogP contribution in [0.1, 0.15) is 23.3 Å². The molecule has 0 spiro atoms. The molecule has 1 fully saturated rings. The maximum atomic E-state index is 11.7. The van der Waals surface area contributed by atoms with Crippen molar-refractivity contribution >= 4 is 37.4 Å². The number of piperidine rings is 1. The molecule has 0 aliphatic carbocycles. The van der Waals surface area contributed by atoms with Crippen molar-refractivity contribution in [3.8, 4) is 0 Å². The molecule has 0 unspecified atom stereocenters. The van der Waals surface area contributed by atoms with Gasteiger partial charge in [-0.25, -0.2) is 22.7 Å². The summed E-state index contributed by atoms with van der Waals surface area (Å²) in [6, 6.07) is 0. The van der Waals surface area contributed by atoms with Crippen molar-refractivity contribution in [1.29, 1.82) is 0 Å². The molecule has 1 N–H and O–H groups in total. The Balaban J connectivity index is 1.74. The van der Waals surface area contributed by atoms with Gasteiger partial charge in [-0.1, -0.05) is 0 Å². The van der Waals surface area contributed by atoms with E-state index in [0.29, 0.717) is 19.0 Å². The van der Waals surface area contributed by atoms with Crippen LogP contribution in [0.2, 0.25) is 0 Å². The SMILES string of the molecule is Cc1sc2ncnc(NC[C@@H]3CCCN(S(C)(=O)=O)C3)c2c1C. The Labute approximate surface area is 141 Å². The molecule has 1 saturated heterocycles. The van der Waals surface area contributed by atoms with E-state index in [9.17, 15) is 8.42 Å². The molecular formula is C15H22N4O2S2. The molecule has 2 aromatic heterocycles. The second-order valence-electron chi connectivity index (χ2n) is 6.20. The van der Waals surface area contributed by atoms with E-state index < -0.39 is 10.0 Å². The summed E-state index contributed by atoms with van der Waals surface area (Å²) in [4.78, 5) is 11.0. The number of anilines is 1. The van der Waals surface area contributed by atoms with E-state index in [4.69, 9.17) is 0 Å². The molecule has 3 heterocycles. The minimum atomic E-state index is -3.10. The second kappa shape index (κ2) is 6.33. The monoisotopic (exact) mass is 354 g/mol. The van der Waals surface area contributed by atoms with Crippen LogP contribution in [-0.4, -0.2) is 48.6 Å². The van der Waals surface area contributed by atoms with Crippen LogP contribution in [0.5, 0.6) is 0 Å². The van der Waals surface area contributed by atoms with Crippen LogP contribution in [0, 0.1) is 19.8 Å². The first-order valence-electron chi connectivity index (χ1n) is 7.76. The van der Waals surface area contributed by atoms with Gasteiger partial charge in [0.15, 0.2) is 0 Å². The average Bonchev–Trinajstić information content (AvgIpc) is 2.80. The van der Waals surface area contributed by atoms with Gasteiger partial charge < -0.3 is 5.32 Å². The average molecular weight is 355 g/mol. The lowest BCUT2D eigenvalue weighted by Crippen LogP contribution is -2.41. The van der Waals surface area contributed by atoms with E-state index in [1.54, 1.807) is 22.0 Å². The molecule has 0 amide bonds. The van der Waals surface area contributed by atoms with Crippen molar-refractivity contribution in [1.82, 2.24) is 14.3 Å². The normalized spacial score (nSPS) is 20.0. The van der Waals surface area contributed by atoms with Crippen LogP contribution in [0.4, 0.5) is 5.82 Å². The molecule has 0 aromatic carbocycles. The van der Waals surface area contributed by atoms with Crippen molar-refractivity contribution in [3.63, 3.8) is 0 Å². The highest BCUT2D eigenvalue weighted by Gasteiger charge is 2.26. The van der Waals surface area contributed by atoms with Gasteiger partial charge in [-0.2, -0.15) is 0 Å². The Bertz CT molecular complexity index is 816. The number of rotatable bonds is 4. The largest absolute Gasteiger partial charge is 0.369 e. The van der Waals surface area contributed by atoms with E-state index >= 15 is 0 Å². The van der Waals surface area contributed by atoms with E-state index in [0.717, 1.165) is 35.4 Å². The van der Waals surface area contributed by atoms with Gasteiger partial charge in [0.1, 0.15) is 17.0 Å². The van der Waals surface area contributed by atoms with Crippen LogP contribution in [0.15, 0.2) is 6.33 Å². The van der Waals surface area contributed by atoms with Gasteiger partial charge in [-0.15, -0.1) is 11.3 Å². The molecule has 2 aromatic rings. The van der Waals surface area contributed by atoms with Gasteiger partial charge in [0.05, 0.1) is 11.6 Å². The first-order chi connectivity index (χ1) is 10.9. The third kappa shape index (κ3) is 3.49. The van der Waals surface area contributed by atoms with Gasteiger partial charge in [0, 0.05) is 24.5 Å². The number of nitrogens with zero attached hydrogens (tertiary/aromatic N) is 3. The fourth-order valence-electron chi connectivity index (χ4n) is 3.05. The molecular weight excluding hydrogens is 332 g/mol. The molecule has 0 radical (unpaired) electrons. The van der Waals surface area contributed by atoms with Crippen molar-refractivity contribution in [2.45, 2.75) is 26.7 Å². The maximum absolute atomic E-state index is 11.7. The topological polar surface area (TPSA) is 75.2 Å². The van der Waals surface area contributed by atoms with E-state index in [-0.39, 0.29) is 0 Å². The molecule has 0 saturated carbocycles. The lowest BCUT2D eigenvalue weighted by atomic mass is 10.00. The fraction of sp³-hybridized carbons (Fsp3) is 0.600. The number of sulfonamides is 1. The van der Waals surface area contributed by atoms with E-state index in [2.05, 4.69) is 29.1 Å². The van der Waals surface area contributed by atoms with Gasteiger partial charge >= 0.3 is 0 Å². The number of aromatic nitrogens is 2. The third-order valence-electron chi connectivity index (χ3n) is 4.47. The van der Waals surface area contributed by atoms with Gasteiger partial charge in [-0.05, 0) is 38.2 Å². The quantitative estimate of drug-likeness (QED) is 0.912. The molecule has 6 nitrogen and oxygen atoms in total. The van der Waals surface area contributed by atoms with Crippen LogP contribution in [0.3, 0.4) is 0 Å². The van der Waals surface area contributed by atoms with Crippen LogP contribution in [0.25, 0.3) is 10.2 Å². The van der Waals surface area contributed by atoms with Crippen molar-refractivity contribution in [3.05, 3.63) is 16.8 Å². The maximum Gasteiger partial charge on any atom is 0.211 e. The van der Waals surface area contributed by atoms with E-state index in [1.165, 1.54) is 16.7 Å². The minimum absolute atomic E-state index is 0.309. The summed E-state index contributed by atoms with van der Waals surface area (Å²) >= 11 is 1.68. The highest BCUT2D eigenvalue weighted by Crippen LogP contribution is 2.32. The Hall–Kier alpha value is -1.25. The molecule has 1 aliphatic heterocycles. The molecule has 126 valence electrons. The number of hydrogen-bond acceptors (Lipinski definition) is 6. The predicted molar refractivity (Wildman–Crippen MR) is 94.5 cm³/mol. The summed E-state index contributed by atoms with van der Waals surface area (Å²) in [6.45, 7) is 6.13. The number of thiophene rings is 1. The van der Waals surface area contributed by atoms with Gasteiger partial charge in [0.2, 0.25) is 10.0 Å². The summed E-state index contributed by atoms with van der Waals surface area (Å²) in [7, 11) is -3.10. The number of aryl methyl sites for hydroxylation is 2. The van der Waals surface area contributed by atoms with E-state index in [1.807, 2.05) is 0 Å². The van der Waals surface area contributed by atoms with Crippen LogP contribution >= 0.6 is 11.3 Å². The third-order valence-corrected chi connectivity index (χ3v) is 6.86. The Morgan fingerprint density at radius 1 is 1.39 bits per heavy atom. The number of fused-ring (bicyclic) bond motifs is 1. The zero-order chi connectivity index (χ0) is 16.6. The Morgan fingerprint density at radius 2 is 2.17 bits per heavy atom. The zero-order valence-corrected chi connectivity index (χ0v) is 15.3. The smallest absolute Gasteiger partial charge is 0.211 e. The van der Waals surface area contributed by atoms with Crippen LogP contribution < -0.4 is 5.32 Å². The van der Waals surface area contributed by atoms with Crippen molar-refractivity contribution in [2.75, 3.05) is 31.2 Å². The zero-order valence-electron chi connectivity index (χ0n) is 13.7. The summed E-state index contributed by atoms with van der Waals surface area (Å²) < 4.78 is 25.0. The summed E-state index contributed by atoms with van der Waals surface area (Å²) in [5, 5.41) is 4.51. The second-order valence-corrected chi connectivity index (χ2v) is 9.38. The highest BCUT2D eigenvalue weighted by molar-refractivity contribution is 7.88. The molecule has 1 atom stereocenters. The lowest BCUT2D eigenvalue weighted by Gasteiger charge is -2.31.